The molecule has 0 fully saturated rings. The summed E-state index contributed by atoms with van der Waals surface area (Å²) in [6.07, 6.45) is 9.22. The molecule has 1 heterocycles. The lowest BCUT2D eigenvalue weighted by Crippen LogP contribution is -2.45. The highest BCUT2D eigenvalue weighted by molar-refractivity contribution is 5.92. The SMILES string of the molecule is COC1C=CC=C(C)CC(C)C(O)C(C)C=C(C)C=C(C)C(=O)OC1C(C)C(O)C(C)C(=O)C=CC(C)C(O)C(C)C. The van der Waals surface area contributed by atoms with Gasteiger partial charge in [-0.25, -0.2) is 4.79 Å². The number of aliphatic hydroxyl groups is 3. The number of cyclic esters (lactones) is 1. The van der Waals surface area contributed by atoms with Crippen molar-refractivity contribution in [2.75, 3.05) is 7.11 Å². The lowest BCUT2D eigenvalue weighted by Gasteiger charge is -2.33. The number of hydrogen-bond donors (Lipinski definition) is 3. The van der Waals surface area contributed by atoms with Gasteiger partial charge in [-0.15, -0.1) is 0 Å². The van der Waals surface area contributed by atoms with Crippen molar-refractivity contribution < 1.29 is 34.4 Å². The van der Waals surface area contributed by atoms with E-state index in [-0.39, 0.29) is 29.5 Å². The second-order valence-electron chi connectivity index (χ2n) is 12.7. The van der Waals surface area contributed by atoms with E-state index in [9.17, 15) is 24.9 Å². The Hall–Kier alpha value is -2.32. The van der Waals surface area contributed by atoms with Crippen molar-refractivity contribution in [1.29, 1.82) is 0 Å². The topological polar surface area (TPSA) is 113 Å². The number of aliphatic hydroxyl groups excluding tert-OH is 3. The largest absolute Gasteiger partial charge is 0.456 e. The molecule has 0 bridgehead atoms. The molecule has 0 aromatic rings. The fourth-order valence-electron chi connectivity index (χ4n) is 5.46. The van der Waals surface area contributed by atoms with Crippen molar-refractivity contribution in [3.8, 4) is 0 Å². The summed E-state index contributed by atoms with van der Waals surface area (Å²) in [5.41, 5.74) is 2.28. The molecule has 1 rings (SSSR count). The Morgan fingerprint density at radius 1 is 1.07 bits per heavy atom. The van der Waals surface area contributed by atoms with E-state index >= 15 is 0 Å². The molecule has 7 nitrogen and oxygen atoms in total. The molecule has 1 aliphatic rings. The Morgan fingerprint density at radius 2 is 1.69 bits per heavy atom. The highest BCUT2D eigenvalue weighted by Crippen LogP contribution is 2.27. The van der Waals surface area contributed by atoms with Crippen LogP contribution in [0.15, 0.2) is 59.3 Å². The predicted molar refractivity (Wildman–Crippen MR) is 169 cm³/mol. The molecule has 0 saturated carbocycles. The second kappa shape index (κ2) is 17.7. The molecule has 0 saturated heterocycles. The number of hydrogen-bond acceptors (Lipinski definition) is 7. The minimum atomic E-state index is -1.13. The Morgan fingerprint density at radius 3 is 2.26 bits per heavy atom. The molecule has 0 spiro atoms. The molecule has 238 valence electrons. The maximum Gasteiger partial charge on any atom is 0.334 e. The molecule has 7 heteroatoms. The van der Waals surface area contributed by atoms with Crippen LogP contribution in [0.1, 0.15) is 75.7 Å². The molecule has 0 aliphatic carbocycles. The van der Waals surface area contributed by atoms with Gasteiger partial charge >= 0.3 is 5.97 Å². The van der Waals surface area contributed by atoms with E-state index in [1.807, 2.05) is 66.7 Å². The number of esters is 1. The number of carbonyl (C=O) groups is 2. The summed E-state index contributed by atoms with van der Waals surface area (Å²) < 4.78 is 11.7. The fraction of sp³-hybridized carbons (Fsp3) is 0.657. The van der Waals surface area contributed by atoms with Crippen LogP contribution in [0.5, 0.6) is 0 Å². The molecule has 10 unspecified atom stereocenters. The van der Waals surface area contributed by atoms with Crippen LogP contribution in [0, 0.1) is 35.5 Å². The number of allylic oxidation sites excluding steroid dienone is 6. The van der Waals surface area contributed by atoms with Crippen molar-refractivity contribution in [3.05, 3.63) is 59.3 Å². The molecular formula is C35H56O7. The third-order valence-electron chi connectivity index (χ3n) is 8.38. The van der Waals surface area contributed by atoms with Crippen LogP contribution < -0.4 is 0 Å². The first-order chi connectivity index (χ1) is 19.5. The highest BCUT2D eigenvalue weighted by Gasteiger charge is 2.37. The predicted octanol–water partition coefficient (Wildman–Crippen LogP) is 5.76. The Balaban J connectivity index is 3.40. The minimum Gasteiger partial charge on any atom is -0.456 e. The van der Waals surface area contributed by atoms with Gasteiger partial charge in [-0.1, -0.05) is 90.0 Å². The summed E-state index contributed by atoms with van der Waals surface area (Å²) in [7, 11) is 1.51. The molecule has 0 amide bonds. The van der Waals surface area contributed by atoms with E-state index in [0.29, 0.717) is 12.0 Å². The van der Waals surface area contributed by atoms with Gasteiger partial charge in [0.1, 0.15) is 12.2 Å². The van der Waals surface area contributed by atoms with E-state index < -0.39 is 48.3 Å². The molecule has 0 radical (unpaired) electrons. The average Bonchev–Trinajstić information content (AvgIpc) is 2.93. The van der Waals surface area contributed by atoms with Crippen LogP contribution in [0.3, 0.4) is 0 Å². The van der Waals surface area contributed by atoms with Crippen molar-refractivity contribution in [3.63, 3.8) is 0 Å². The van der Waals surface area contributed by atoms with Crippen LogP contribution in [-0.2, 0) is 19.1 Å². The summed E-state index contributed by atoms with van der Waals surface area (Å²) in [5.74, 6) is -2.51. The fourth-order valence-corrected chi connectivity index (χ4v) is 5.46. The van der Waals surface area contributed by atoms with E-state index in [2.05, 4.69) is 0 Å². The van der Waals surface area contributed by atoms with Crippen molar-refractivity contribution in [2.24, 2.45) is 35.5 Å². The average molecular weight is 589 g/mol. The maximum atomic E-state index is 13.3. The minimum absolute atomic E-state index is 0.0301. The van der Waals surface area contributed by atoms with Gasteiger partial charge < -0.3 is 24.8 Å². The summed E-state index contributed by atoms with van der Waals surface area (Å²) in [4.78, 5) is 26.3. The van der Waals surface area contributed by atoms with Gasteiger partial charge in [0.25, 0.3) is 0 Å². The Labute approximate surface area is 254 Å². The van der Waals surface area contributed by atoms with Gasteiger partial charge in [0.15, 0.2) is 5.78 Å². The zero-order valence-electron chi connectivity index (χ0n) is 27.6. The second-order valence-corrected chi connectivity index (χ2v) is 12.7. The summed E-state index contributed by atoms with van der Waals surface area (Å²) in [6.45, 7) is 18.6. The number of rotatable bonds is 9. The van der Waals surface area contributed by atoms with Crippen LogP contribution in [0.25, 0.3) is 0 Å². The molecule has 10 atom stereocenters. The van der Waals surface area contributed by atoms with Crippen molar-refractivity contribution in [1.82, 2.24) is 0 Å². The molecule has 1 aliphatic heterocycles. The van der Waals surface area contributed by atoms with Crippen LogP contribution in [-0.4, -0.2) is 64.7 Å². The first kappa shape index (κ1) is 37.7. The lowest BCUT2D eigenvalue weighted by atomic mass is 9.84. The monoisotopic (exact) mass is 588 g/mol. The first-order valence-corrected chi connectivity index (χ1v) is 15.2. The normalized spacial score (nSPS) is 28.8. The third-order valence-corrected chi connectivity index (χ3v) is 8.38. The summed E-state index contributed by atoms with van der Waals surface area (Å²) in [5, 5.41) is 32.4. The Kier molecular flexibility index (Phi) is 15.9. The molecular weight excluding hydrogens is 532 g/mol. The van der Waals surface area contributed by atoms with Gasteiger partial charge in [0, 0.05) is 36.4 Å². The summed E-state index contributed by atoms with van der Waals surface area (Å²) in [6, 6.07) is 0. The quantitative estimate of drug-likeness (QED) is 0.232. The third kappa shape index (κ3) is 11.4. The van der Waals surface area contributed by atoms with Gasteiger partial charge in [-0.3, -0.25) is 4.79 Å². The lowest BCUT2D eigenvalue weighted by molar-refractivity contribution is -0.158. The van der Waals surface area contributed by atoms with Gasteiger partial charge in [-0.2, -0.15) is 0 Å². The molecule has 42 heavy (non-hydrogen) atoms. The Bertz CT molecular complexity index is 1030. The standard InChI is InChI=1S/C35H56O7/c1-20(2)31(37)23(5)15-16-29(36)27(9)33(39)28(10)34-30(41-11)14-12-13-21(3)17-24(6)32(38)25(7)18-22(4)19-26(8)35(40)42-34/h12-16,18-20,23-25,27-28,30-34,37-39H,17H2,1-11H3. The highest BCUT2D eigenvalue weighted by atomic mass is 16.6. The van der Waals surface area contributed by atoms with Gasteiger partial charge in [0.05, 0.1) is 18.3 Å². The van der Waals surface area contributed by atoms with Crippen molar-refractivity contribution >= 4 is 11.8 Å². The zero-order valence-corrected chi connectivity index (χ0v) is 27.6. The summed E-state index contributed by atoms with van der Waals surface area (Å²) >= 11 is 0. The van der Waals surface area contributed by atoms with E-state index in [1.54, 1.807) is 39.0 Å². The zero-order chi connectivity index (χ0) is 32.3. The number of ketones is 1. The van der Waals surface area contributed by atoms with Gasteiger partial charge in [-0.05, 0) is 51.2 Å². The van der Waals surface area contributed by atoms with Crippen LogP contribution in [0.4, 0.5) is 0 Å². The van der Waals surface area contributed by atoms with Crippen LogP contribution in [0.2, 0.25) is 0 Å². The number of methoxy groups -OCH3 is 1. The number of carbonyl (C=O) groups excluding carboxylic acids is 2. The van der Waals surface area contributed by atoms with E-state index in [4.69, 9.17) is 9.47 Å². The van der Waals surface area contributed by atoms with Crippen molar-refractivity contribution in [2.45, 2.75) is 106 Å². The smallest absolute Gasteiger partial charge is 0.334 e. The first-order valence-electron chi connectivity index (χ1n) is 15.2. The van der Waals surface area contributed by atoms with E-state index in [1.165, 1.54) is 13.2 Å². The maximum absolute atomic E-state index is 13.3. The molecule has 0 aromatic carbocycles. The van der Waals surface area contributed by atoms with E-state index in [0.717, 1.165) is 11.1 Å². The molecule has 0 aromatic heterocycles. The molecule has 3 N–H and O–H groups in total. The number of ether oxygens (including phenoxy) is 2. The van der Waals surface area contributed by atoms with Crippen LogP contribution >= 0.6 is 0 Å². The van der Waals surface area contributed by atoms with Gasteiger partial charge in [0.2, 0.25) is 0 Å².